The van der Waals surface area contributed by atoms with Crippen LogP contribution in [0.1, 0.15) is 61.7 Å². The van der Waals surface area contributed by atoms with Gasteiger partial charge in [0.25, 0.3) is 5.91 Å². The Morgan fingerprint density at radius 2 is 1.60 bits per heavy atom. The monoisotopic (exact) mass is 637 g/mol. The number of thiophene rings is 1. The quantitative estimate of drug-likeness (QED) is 0.310. The second-order valence-corrected chi connectivity index (χ2v) is 13.4. The fourth-order valence-corrected chi connectivity index (χ4v) is 6.78. The van der Waals surface area contributed by atoms with E-state index in [1.54, 1.807) is 4.90 Å². The number of hydrogen-bond acceptors (Lipinski definition) is 6. The predicted molar refractivity (Wildman–Crippen MR) is 162 cm³/mol. The van der Waals surface area contributed by atoms with Crippen molar-refractivity contribution in [2.24, 2.45) is 0 Å². The molecule has 5 rings (SSSR count). The minimum absolute atomic E-state index is 0.0344. The molecular weight excluding hydrogens is 603 g/mol. The third-order valence-corrected chi connectivity index (χ3v) is 9.25. The van der Waals surface area contributed by atoms with Gasteiger partial charge in [0.1, 0.15) is 22.3 Å². The standard InChI is InChI=1S/C31H35ClF3N3O4S/c1-30(2,3)42-29(40)38-14-10-20(11-15-38)36-28(39)27-26(32)24-9-8-23(18-25(24)43-27)41-22-12-16-37(17-13-22)21-6-4-19(5-7-21)31(33,34)35/h4-9,18,20,22H,10-17H2,1-3H3,(H,36,39). The van der Waals surface area contributed by atoms with E-state index >= 15 is 0 Å². The molecular formula is C31H35ClF3N3O4S. The van der Waals surface area contributed by atoms with Crippen LogP contribution in [0.15, 0.2) is 42.5 Å². The van der Waals surface area contributed by atoms with Crippen molar-refractivity contribution in [2.45, 2.75) is 70.4 Å². The fourth-order valence-electron chi connectivity index (χ4n) is 5.33. The van der Waals surface area contributed by atoms with Gasteiger partial charge in [0.2, 0.25) is 0 Å². The number of carbonyl (C=O) groups excluding carboxylic acids is 2. The predicted octanol–water partition coefficient (Wildman–Crippen LogP) is 7.75. The van der Waals surface area contributed by atoms with Crippen LogP contribution >= 0.6 is 22.9 Å². The number of alkyl halides is 3. The van der Waals surface area contributed by atoms with Gasteiger partial charge in [-0.25, -0.2) is 4.79 Å². The van der Waals surface area contributed by atoms with E-state index in [4.69, 9.17) is 21.1 Å². The Morgan fingerprint density at radius 1 is 0.953 bits per heavy atom. The fraction of sp³-hybridized carbons (Fsp3) is 0.484. The van der Waals surface area contributed by atoms with Gasteiger partial charge < -0.3 is 24.6 Å². The third-order valence-electron chi connectivity index (χ3n) is 7.59. The Bertz CT molecular complexity index is 1460. The van der Waals surface area contributed by atoms with Gasteiger partial charge in [0.15, 0.2) is 0 Å². The summed E-state index contributed by atoms with van der Waals surface area (Å²) in [7, 11) is 0. The summed E-state index contributed by atoms with van der Waals surface area (Å²) in [6.45, 7) is 7.85. The highest BCUT2D eigenvalue weighted by molar-refractivity contribution is 7.21. The maximum atomic E-state index is 13.1. The highest BCUT2D eigenvalue weighted by Crippen LogP contribution is 2.38. The van der Waals surface area contributed by atoms with Crippen LogP contribution in [-0.4, -0.2) is 60.8 Å². The zero-order valence-electron chi connectivity index (χ0n) is 24.3. The van der Waals surface area contributed by atoms with Crippen molar-refractivity contribution in [1.29, 1.82) is 0 Å². The Balaban J connectivity index is 1.14. The SMILES string of the molecule is CC(C)(C)OC(=O)N1CCC(NC(=O)c2sc3cc(OC4CCN(c5ccc(C(F)(F)F)cc5)CC4)ccc3c2Cl)CC1. The molecule has 7 nitrogen and oxygen atoms in total. The molecule has 2 aliphatic rings. The van der Waals surface area contributed by atoms with Crippen LogP contribution in [0.25, 0.3) is 10.1 Å². The summed E-state index contributed by atoms with van der Waals surface area (Å²) in [5.74, 6) is 0.444. The summed E-state index contributed by atoms with van der Waals surface area (Å²) in [6, 6.07) is 10.8. The molecule has 1 N–H and O–H groups in total. The molecule has 232 valence electrons. The number of benzene rings is 2. The summed E-state index contributed by atoms with van der Waals surface area (Å²) in [5, 5.41) is 4.25. The van der Waals surface area contributed by atoms with Crippen LogP contribution in [0.3, 0.4) is 0 Å². The first-order valence-corrected chi connectivity index (χ1v) is 15.6. The zero-order chi connectivity index (χ0) is 30.9. The summed E-state index contributed by atoms with van der Waals surface area (Å²) in [6.07, 6.45) is -2.01. The number of anilines is 1. The smallest absolute Gasteiger partial charge is 0.416 e. The second kappa shape index (κ2) is 12.4. The Morgan fingerprint density at radius 3 is 2.21 bits per heavy atom. The van der Waals surface area contributed by atoms with Gasteiger partial charge in [-0.05, 0) is 76.1 Å². The van der Waals surface area contributed by atoms with Crippen LogP contribution in [-0.2, 0) is 10.9 Å². The molecule has 0 unspecified atom stereocenters. The van der Waals surface area contributed by atoms with E-state index in [9.17, 15) is 22.8 Å². The molecule has 2 fully saturated rings. The first-order chi connectivity index (χ1) is 20.3. The topological polar surface area (TPSA) is 71.1 Å². The second-order valence-electron chi connectivity index (χ2n) is 12.0. The van der Waals surface area contributed by atoms with Gasteiger partial charge in [0, 0.05) is 60.8 Å². The zero-order valence-corrected chi connectivity index (χ0v) is 25.9. The van der Waals surface area contributed by atoms with Gasteiger partial charge >= 0.3 is 12.3 Å². The molecule has 3 heterocycles. The van der Waals surface area contributed by atoms with Crippen molar-refractivity contribution in [3.63, 3.8) is 0 Å². The first-order valence-electron chi connectivity index (χ1n) is 14.4. The van der Waals surface area contributed by atoms with Crippen LogP contribution in [0.5, 0.6) is 5.75 Å². The van der Waals surface area contributed by atoms with Gasteiger partial charge in [-0.3, -0.25) is 4.79 Å². The van der Waals surface area contributed by atoms with Gasteiger partial charge in [-0.2, -0.15) is 13.2 Å². The molecule has 1 aromatic heterocycles. The molecule has 2 aromatic carbocycles. The van der Waals surface area contributed by atoms with E-state index in [0.717, 1.165) is 40.7 Å². The molecule has 43 heavy (non-hydrogen) atoms. The van der Waals surface area contributed by atoms with Crippen molar-refractivity contribution in [2.75, 3.05) is 31.1 Å². The molecule has 2 amide bonds. The maximum Gasteiger partial charge on any atom is 0.416 e. The minimum Gasteiger partial charge on any atom is -0.490 e. The van der Waals surface area contributed by atoms with Crippen molar-refractivity contribution in [3.05, 3.63) is 57.9 Å². The molecule has 12 heteroatoms. The van der Waals surface area contributed by atoms with Gasteiger partial charge in [-0.1, -0.05) is 11.6 Å². The highest BCUT2D eigenvalue weighted by Gasteiger charge is 2.31. The van der Waals surface area contributed by atoms with Crippen LogP contribution < -0.4 is 15.0 Å². The lowest BCUT2D eigenvalue weighted by atomic mass is 10.1. The lowest BCUT2D eigenvalue weighted by Crippen LogP contribution is -2.47. The van der Waals surface area contributed by atoms with Gasteiger partial charge in [0.05, 0.1) is 10.6 Å². The number of ether oxygens (including phenoxy) is 2. The number of carbonyl (C=O) groups is 2. The average Bonchev–Trinajstić information content (AvgIpc) is 3.28. The molecule has 0 atom stereocenters. The van der Waals surface area contributed by atoms with E-state index in [1.165, 1.54) is 23.5 Å². The van der Waals surface area contributed by atoms with Crippen molar-refractivity contribution in [1.82, 2.24) is 10.2 Å². The number of nitrogens with one attached hydrogen (secondary N) is 1. The van der Waals surface area contributed by atoms with E-state index in [-0.39, 0.29) is 24.1 Å². The van der Waals surface area contributed by atoms with Crippen molar-refractivity contribution >= 4 is 50.7 Å². The molecule has 0 aliphatic carbocycles. The highest BCUT2D eigenvalue weighted by atomic mass is 35.5. The number of nitrogens with zero attached hydrogens (tertiary/aromatic N) is 2. The van der Waals surface area contributed by atoms with E-state index in [0.29, 0.717) is 54.7 Å². The summed E-state index contributed by atoms with van der Waals surface area (Å²) in [4.78, 5) is 29.6. The number of piperidine rings is 2. The first kappa shape index (κ1) is 31.3. The van der Waals surface area contributed by atoms with Crippen LogP contribution in [0.4, 0.5) is 23.7 Å². The van der Waals surface area contributed by atoms with E-state index in [2.05, 4.69) is 10.2 Å². The van der Waals surface area contributed by atoms with Crippen LogP contribution in [0.2, 0.25) is 5.02 Å². The lowest BCUT2D eigenvalue weighted by molar-refractivity contribution is -0.137. The molecule has 0 bridgehead atoms. The molecule has 0 spiro atoms. The summed E-state index contributed by atoms with van der Waals surface area (Å²) < 4.78 is 51.2. The number of likely N-dealkylation sites (tertiary alicyclic amines) is 1. The number of halogens is 4. The number of fused-ring (bicyclic) bond motifs is 1. The summed E-state index contributed by atoms with van der Waals surface area (Å²) in [5.41, 5.74) is -0.443. The largest absolute Gasteiger partial charge is 0.490 e. The minimum atomic E-state index is -4.35. The molecule has 0 radical (unpaired) electrons. The van der Waals surface area contributed by atoms with Crippen molar-refractivity contribution < 1.29 is 32.2 Å². The molecule has 0 saturated carbocycles. The number of rotatable bonds is 5. The maximum absolute atomic E-state index is 13.1. The molecule has 2 saturated heterocycles. The number of hydrogen-bond donors (Lipinski definition) is 1. The Hall–Kier alpha value is -3.18. The molecule has 3 aromatic rings. The lowest BCUT2D eigenvalue weighted by Gasteiger charge is -2.33. The Labute approximate surface area is 257 Å². The Kier molecular flexibility index (Phi) is 9.04. The van der Waals surface area contributed by atoms with Gasteiger partial charge in [-0.15, -0.1) is 11.3 Å². The molecule has 2 aliphatic heterocycles. The summed E-state index contributed by atoms with van der Waals surface area (Å²) >= 11 is 7.93. The van der Waals surface area contributed by atoms with E-state index < -0.39 is 17.3 Å². The van der Waals surface area contributed by atoms with Crippen molar-refractivity contribution in [3.8, 4) is 5.75 Å². The van der Waals surface area contributed by atoms with E-state index in [1.807, 2.05) is 39.0 Å². The normalized spacial score (nSPS) is 17.3. The average molecular weight is 638 g/mol. The van der Waals surface area contributed by atoms with Crippen LogP contribution in [0, 0.1) is 0 Å². The number of amides is 2. The third kappa shape index (κ3) is 7.67.